The molecule has 30 heavy (non-hydrogen) atoms. The molecule has 0 saturated carbocycles. The summed E-state index contributed by atoms with van der Waals surface area (Å²) in [6, 6.07) is 3.00. The van der Waals surface area contributed by atoms with Crippen LogP contribution in [0.1, 0.15) is 46.2 Å². The Balaban J connectivity index is 1.65. The van der Waals surface area contributed by atoms with Gasteiger partial charge in [0.15, 0.2) is 0 Å². The van der Waals surface area contributed by atoms with E-state index in [1.165, 1.54) is 11.1 Å². The maximum Gasteiger partial charge on any atom is 0.256 e. The largest absolute Gasteiger partial charge is 0.361 e. The molecule has 1 fully saturated rings. The summed E-state index contributed by atoms with van der Waals surface area (Å²) < 4.78 is 45.8. The topological polar surface area (TPSA) is 122 Å². The van der Waals surface area contributed by atoms with Crippen molar-refractivity contribution in [2.45, 2.75) is 37.6 Å². The number of hydrogen-bond acceptors (Lipinski definition) is 6. The molecule has 0 unspecified atom stereocenters. The number of hydrogen-bond donors (Lipinski definition) is 2. The molecule has 0 bridgehead atoms. The minimum Gasteiger partial charge on any atom is -0.361 e. The van der Waals surface area contributed by atoms with E-state index in [0.29, 0.717) is 37.3 Å². The van der Waals surface area contributed by atoms with Crippen LogP contribution in [0.25, 0.3) is 0 Å². The number of piperidine rings is 1. The van der Waals surface area contributed by atoms with Crippen LogP contribution in [0.4, 0.5) is 4.39 Å². The number of carbonyl (C=O) groups is 2. The van der Waals surface area contributed by atoms with Crippen LogP contribution in [-0.4, -0.2) is 56.0 Å². The standard InChI is InChI=1S/C19H23FN4O5S/c1-3-22-30(27,28)14-4-5-17(20)15(10-14)19(26)24-8-6-13(7-9-24)23-18(25)16-11-21-29-12(16)2/h4-5,10-11,13,22H,3,6-9H2,1-2H3,(H,23,25). The van der Waals surface area contributed by atoms with Gasteiger partial charge in [-0.25, -0.2) is 17.5 Å². The third kappa shape index (κ3) is 4.68. The van der Waals surface area contributed by atoms with Gasteiger partial charge >= 0.3 is 0 Å². The van der Waals surface area contributed by atoms with E-state index in [0.717, 1.165) is 18.2 Å². The first-order valence-corrected chi connectivity index (χ1v) is 11.0. The van der Waals surface area contributed by atoms with Crippen molar-refractivity contribution in [2.24, 2.45) is 0 Å². The van der Waals surface area contributed by atoms with E-state index in [-0.39, 0.29) is 29.0 Å². The summed E-state index contributed by atoms with van der Waals surface area (Å²) in [6.45, 7) is 4.05. The number of nitrogens with one attached hydrogen (secondary N) is 2. The van der Waals surface area contributed by atoms with E-state index in [2.05, 4.69) is 15.2 Å². The normalized spacial score (nSPS) is 15.2. The first-order chi connectivity index (χ1) is 14.2. The molecule has 1 saturated heterocycles. The molecule has 0 spiro atoms. The summed E-state index contributed by atoms with van der Waals surface area (Å²) in [5, 5.41) is 6.45. The van der Waals surface area contributed by atoms with Gasteiger partial charge in [-0.3, -0.25) is 9.59 Å². The predicted molar refractivity (Wildman–Crippen MR) is 105 cm³/mol. The molecule has 0 aliphatic carbocycles. The molecule has 1 aromatic carbocycles. The van der Waals surface area contributed by atoms with Gasteiger partial charge in [0.05, 0.1) is 16.7 Å². The molecule has 0 radical (unpaired) electrons. The number of sulfonamides is 1. The van der Waals surface area contributed by atoms with Crippen molar-refractivity contribution in [2.75, 3.05) is 19.6 Å². The van der Waals surface area contributed by atoms with E-state index in [1.54, 1.807) is 13.8 Å². The maximum atomic E-state index is 14.3. The van der Waals surface area contributed by atoms with Gasteiger partial charge in [-0.1, -0.05) is 12.1 Å². The van der Waals surface area contributed by atoms with Gasteiger partial charge in [0.1, 0.15) is 17.1 Å². The quantitative estimate of drug-likeness (QED) is 0.704. The van der Waals surface area contributed by atoms with Crippen molar-refractivity contribution in [3.63, 3.8) is 0 Å². The van der Waals surface area contributed by atoms with Crippen LogP contribution in [0.2, 0.25) is 0 Å². The first-order valence-electron chi connectivity index (χ1n) is 9.53. The van der Waals surface area contributed by atoms with Gasteiger partial charge in [-0.05, 0) is 38.0 Å². The van der Waals surface area contributed by atoms with Gasteiger partial charge < -0.3 is 14.7 Å². The highest BCUT2D eigenvalue weighted by Crippen LogP contribution is 2.20. The Labute approximate surface area is 173 Å². The van der Waals surface area contributed by atoms with Crippen LogP contribution in [0, 0.1) is 12.7 Å². The molecule has 1 aliphatic heterocycles. The molecule has 11 heteroatoms. The minimum absolute atomic E-state index is 0.152. The molecular formula is C19H23FN4O5S. The minimum atomic E-state index is -3.81. The summed E-state index contributed by atoms with van der Waals surface area (Å²) >= 11 is 0. The summed E-state index contributed by atoms with van der Waals surface area (Å²) in [6.07, 6.45) is 2.32. The average Bonchev–Trinajstić information content (AvgIpc) is 3.14. The smallest absolute Gasteiger partial charge is 0.256 e. The molecule has 2 aromatic rings. The number of halogens is 1. The van der Waals surface area contributed by atoms with E-state index in [4.69, 9.17) is 4.52 Å². The lowest BCUT2D eigenvalue weighted by Gasteiger charge is -2.32. The number of likely N-dealkylation sites (tertiary alicyclic amines) is 1. The Morgan fingerprint density at radius 2 is 1.97 bits per heavy atom. The van der Waals surface area contributed by atoms with Crippen molar-refractivity contribution in [3.05, 3.63) is 47.1 Å². The van der Waals surface area contributed by atoms with E-state index < -0.39 is 21.7 Å². The Bertz CT molecular complexity index is 1040. The first kappa shape index (κ1) is 21.9. The second-order valence-electron chi connectivity index (χ2n) is 6.98. The highest BCUT2D eigenvalue weighted by molar-refractivity contribution is 7.89. The van der Waals surface area contributed by atoms with Crippen LogP contribution in [-0.2, 0) is 10.0 Å². The molecule has 1 aliphatic rings. The lowest BCUT2D eigenvalue weighted by molar-refractivity contribution is 0.0693. The summed E-state index contributed by atoms with van der Waals surface area (Å²) in [5.41, 5.74) is 0.0610. The predicted octanol–water partition coefficient (Wildman–Crippen LogP) is 1.45. The fraction of sp³-hybridized carbons (Fsp3) is 0.421. The van der Waals surface area contributed by atoms with Crippen LogP contribution >= 0.6 is 0 Å². The summed E-state index contributed by atoms with van der Waals surface area (Å²) in [5.74, 6) is -1.25. The Hall–Kier alpha value is -2.79. The summed E-state index contributed by atoms with van der Waals surface area (Å²) in [7, 11) is -3.81. The highest BCUT2D eigenvalue weighted by atomic mass is 32.2. The van der Waals surface area contributed by atoms with Crippen LogP contribution in [0.3, 0.4) is 0 Å². The van der Waals surface area contributed by atoms with Gasteiger partial charge in [0.2, 0.25) is 10.0 Å². The van der Waals surface area contributed by atoms with Crippen LogP contribution in [0.5, 0.6) is 0 Å². The third-order valence-corrected chi connectivity index (χ3v) is 6.47. The van der Waals surface area contributed by atoms with Crippen molar-refractivity contribution >= 4 is 21.8 Å². The van der Waals surface area contributed by atoms with E-state index >= 15 is 0 Å². The second-order valence-corrected chi connectivity index (χ2v) is 8.75. The molecule has 162 valence electrons. The number of aromatic nitrogens is 1. The lowest BCUT2D eigenvalue weighted by Crippen LogP contribution is -2.46. The molecule has 2 N–H and O–H groups in total. The fourth-order valence-electron chi connectivity index (χ4n) is 3.29. The number of benzene rings is 1. The second kappa shape index (κ2) is 8.92. The number of nitrogens with zero attached hydrogens (tertiary/aromatic N) is 2. The third-order valence-electron chi connectivity index (χ3n) is 4.93. The van der Waals surface area contributed by atoms with Crippen LogP contribution < -0.4 is 10.0 Å². The van der Waals surface area contributed by atoms with Gasteiger partial charge in [0.25, 0.3) is 11.8 Å². The molecule has 3 rings (SSSR count). The maximum absolute atomic E-state index is 14.3. The van der Waals surface area contributed by atoms with Crippen molar-refractivity contribution < 1.29 is 26.9 Å². The average molecular weight is 438 g/mol. The highest BCUT2D eigenvalue weighted by Gasteiger charge is 2.28. The van der Waals surface area contributed by atoms with Gasteiger partial charge in [-0.2, -0.15) is 0 Å². The SMILES string of the molecule is CCNS(=O)(=O)c1ccc(F)c(C(=O)N2CCC(NC(=O)c3cnoc3C)CC2)c1. The van der Waals surface area contributed by atoms with E-state index in [9.17, 15) is 22.4 Å². The molecule has 1 aromatic heterocycles. The molecule has 2 heterocycles. The van der Waals surface area contributed by atoms with Crippen molar-refractivity contribution in [1.29, 1.82) is 0 Å². The van der Waals surface area contributed by atoms with Crippen molar-refractivity contribution in [1.82, 2.24) is 20.1 Å². The van der Waals surface area contributed by atoms with Crippen LogP contribution in [0.15, 0.2) is 33.8 Å². The zero-order valence-electron chi connectivity index (χ0n) is 16.6. The molecule has 2 amide bonds. The number of aryl methyl sites for hydroxylation is 1. The Kier molecular flexibility index (Phi) is 6.52. The molecular weight excluding hydrogens is 415 g/mol. The summed E-state index contributed by atoms with van der Waals surface area (Å²) in [4.78, 5) is 26.3. The molecule has 0 atom stereocenters. The van der Waals surface area contributed by atoms with Gasteiger partial charge in [0, 0.05) is 25.7 Å². The number of rotatable bonds is 6. The zero-order chi connectivity index (χ0) is 21.9. The van der Waals surface area contributed by atoms with Gasteiger partial charge in [-0.15, -0.1) is 0 Å². The number of carbonyl (C=O) groups excluding carboxylic acids is 2. The molecule has 9 nitrogen and oxygen atoms in total. The Morgan fingerprint density at radius 1 is 1.27 bits per heavy atom. The van der Waals surface area contributed by atoms with Crippen molar-refractivity contribution in [3.8, 4) is 0 Å². The number of amides is 2. The lowest BCUT2D eigenvalue weighted by atomic mass is 10.0. The monoisotopic (exact) mass is 438 g/mol. The zero-order valence-corrected chi connectivity index (χ0v) is 17.5. The fourth-order valence-corrected chi connectivity index (χ4v) is 4.35. The Morgan fingerprint density at radius 3 is 2.57 bits per heavy atom. The van der Waals surface area contributed by atoms with E-state index in [1.807, 2.05) is 0 Å².